The standard InChI is InChI=1S/C11H14N4O3/c1-11(2,3)6-12-7-4-5-8(15(16)17)10-9(7)13-18-14-10/h4-5,12H,6H2,1-3H3. The van der Waals surface area contributed by atoms with E-state index in [1.165, 1.54) is 6.07 Å². The number of fused-ring (bicyclic) bond motifs is 1. The Balaban J connectivity index is 2.39. The summed E-state index contributed by atoms with van der Waals surface area (Å²) in [6.45, 7) is 6.98. The normalized spacial score (nSPS) is 11.7. The second-order valence-electron chi connectivity index (χ2n) is 5.27. The Morgan fingerprint density at radius 2 is 2.00 bits per heavy atom. The molecule has 0 fully saturated rings. The third-order valence-corrected chi connectivity index (χ3v) is 2.40. The van der Waals surface area contributed by atoms with E-state index >= 15 is 0 Å². The predicted octanol–water partition coefficient (Wildman–Crippen LogP) is 2.59. The van der Waals surface area contributed by atoms with Crippen molar-refractivity contribution in [2.75, 3.05) is 11.9 Å². The van der Waals surface area contributed by atoms with Gasteiger partial charge in [-0.25, -0.2) is 4.63 Å². The van der Waals surface area contributed by atoms with Crippen LogP contribution in [0.4, 0.5) is 11.4 Å². The molecule has 0 saturated heterocycles. The topological polar surface area (TPSA) is 94.1 Å². The molecule has 0 aliphatic heterocycles. The van der Waals surface area contributed by atoms with Crippen LogP contribution >= 0.6 is 0 Å². The summed E-state index contributed by atoms with van der Waals surface area (Å²) < 4.78 is 4.58. The minimum atomic E-state index is -0.500. The van der Waals surface area contributed by atoms with E-state index in [4.69, 9.17) is 0 Å². The van der Waals surface area contributed by atoms with Gasteiger partial charge in [0.05, 0.1) is 10.6 Å². The number of benzene rings is 1. The number of nitro groups is 1. The quantitative estimate of drug-likeness (QED) is 0.664. The van der Waals surface area contributed by atoms with Gasteiger partial charge in [-0.05, 0) is 21.8 Å². The fourth-order valence-electron chi connectivity index (χ4n) is 1.50. The van der Waals surface area contributed by atoms with Gasteiger partial charge in [0.25, 0.3) is 0 Å². The van der Waals surface area contributed by atoms with Gasteiger partial charge in [-0.3, -0.25) is 10.1 Å². The van der Waals surface area contributed by atoms with E-state index < -0.39 is 4.92 Å². The Bertz CT molecular complexity index is 585. The number of anilines is 1. The zero-order valence-corrected chi connectivity index (χ0v) is 10.4. The number of nitrogens with one attached hydrogen (secondary N) is 1. The molecule has 0 saturated carbocycles. The van der Waals surface area contributed by atoms with Gasteiger partial charge in [0.1, 0.15) is 0 Å². The number of aromatic nitrogens is 2. The molecule has 1 N–H and O–H groups in total. The fourth-order valence-corrected chi connectivity index (χ4v) is 1.50. The number of nitro benzene ring substituents is 1. The van der Waals surface area contributed by atoms with Crippen LogP contribution < -0.4 is 5.32 Å². The number of hydrogen-bond acceptors (Lipinski definition) is 6. The van der Waals surface area contributed by atoms with Crippen molar-refractivity contribution in [3.63, 3.8) is 0 Å². The van der Waals surface area contributed by atoms with Gasteiger partial charge in [-0.15, -0.1) is 0 Å². The minimum absolute atomic E-state index is 0.0886. The van der Waals surface area contributed by atoms with E-state index in [9.17, 15) is 10.1 Å². The predicted molar refractivity (Wildman–Crippen MR) is 66.4 cm³/mol. The van der Waals surface area contributed by atoms with Gasteiger partial charge in [0.2, 0.25) is 5.52 Å². The molecule has 2 aromatic rings. The summed E-state index contributed by atoms with van der Waals surface area (Å²) >= 11 is 0. The molecule has 96 valence electrons. The Morgan fingerprint density at radius 3 is 2.61 bits per heavy atom. The molecule has 7 heteroatoms. The molecule has 7 nitrogen and oxygen atoms in total. The van der Waals surface area contributed by atoms with Crippen molar-refractivity contribution in [3.05, 3.63) is 22.2 Å². The SMILES string of the molecule is CC(C)(C)CNc1ccc([N+](=O)[O-])c2nonc12. The zero-order chi connectivity index (χ0) is 13.3. The van der Waals surface area contributed by atoms with Crippen LogP contribution in [0.15, 0.2) is 16.8 Å². The molecule has 0 amide bonds. The third-order valence-electron chi connectivity index (χ3n) is 2.40. The average molecular weight is 250 g/mol. The number of non-ortho nitro benzene ring substituents is 1. The van der Waals surface area contributed by atoms with Crippen molar-refractivity contribution in [2.24, 2.45) is 5.41 Å². The van der Waals surface area contributed by atoms with Gasteiger partial charge < -0.3 is 5.32 Å². The van der Waals surface area contributed by atoms with E-state index in [2.05, 4.69) is 41.0 Å². The molecule has 0 spiro atoms. The van der Waals surface area contributed by atoms with Crippen LogP contribution in [0.2, 0.25) is 0 Å². The summed E-state index contributed by atoms with van der Waals surface area (Å²) in [5.74, 6) is 0. The lowest BCUT2D eigenvalue weighted by Crippen LogP contribution is -2.19. The van der Waals surface area contributed by atoms with Crippen LogP contribution in [0.25, 0.3) is 11.0 Å². The lowest BCUT2D eigenvalue weighted by atomic mass is 9.97. The second-order valence-corrected chi connectivity index (χ2v) is 5.27. The highest BCUT2D eigenvalue weighted by molar-refractivity contribution is 5.93. The molecular weight excluding hydrogens is 236 g/mol. The van der Waals surface area contributed by atoms with Crippen molar-refractivity contribution in [2.45, 2.75) is 20.8 Å². The Hall–Kier alpha value is -2.18. The van der Waals surface area contributed by atoms with Crippen LogP contribution in [-0.4, -0.2) is 21.8 Å². The van der Waals surface area contributed by atoms with Gasteiger partial charge in [0.15, 0.2) is 5.52 Å². The second kappa shape index (κ2) is 4.25. The molecular formula is C11H14N4O3. The van der Waals surface area contributed by atoms with E-state index in [0.29, 0.717) is 17.7 Å². The maximum absolute atomic E-state index is 10.8. The molecule has 0 aliphatic rings. The van der Waals surface area contributed by atoms with Crippen molar-refractivity contribution >= 4 is 22.4 Å². The van der Waals surface area contributed by atoms with Gasteiger partial charge in [-0.2, -0.15) is 0 Å². The summed E-state index contributed by atoms with van der Waals surface area (Å²) in [5, 5.41) is 21.3. The van der Waals surface area contributed by atoms with Crippen LogP contribution in [0.5, 0.6) is 0 Å². The molecule has 18 heavy (non-hydrogen) atoms. The Labute approximate surface area is 103 Å². The summed E-state index contributed by atoms with van der Waals surface area (Å²) in [7, 11) is 0. The summed E-state index contributed by atoms with van der Waals surface area (Å²) in [5.41, 5.74) is 1.22. The third kappa shape index (κ3) is 2.39. The molecule has 0 aliphatic carbocycles. The van der Waals surface area contributed by atoms with Crippen molar-refractivity contribution in [3.8, 4) is 0 Å². The van der Waals surface area contributed by atoms with Crippen LogP contribution in [0.1, 0.15) is 20.8 Å². The lowest BCUT2D eigenvalue weighted by molar-refractivity contribution is -0.383. The number of rotatable bonds is 3. The molecule has 1 aromatic heterocycles. The van der Waals surface area contributed by atoms with Crippen molar-refractivity contribution in [1.82, 2.24) is 10.3 Å². The molecule has 0 bridgehead atoms. The molecule has 2 rings (SSSR count). The van der Waals surface area contributed by atoms with Crippen LogP contribution in [-0.2, 0) is 0 Å². The Kier molecular flexibility index (Phi) is 2.90. The van der Waals surface area contributed by atoms with Crippen LogP contribution in [0, 0.1) is 15.5 Å². The maximum atomic E-state index is 10.8. The first kappa shape index (κ1) is 12.3. The van der Waals surface area contributed by atoms with Gasteiger partial charge in [-0.1, -0.05) is 20.8 Å². The minimum Gasteiger partial charge on any atom is -0.383 e. The molecule has 0 radical (unpaired) electrons. The fraction of sp³-hybridized carbons (Fsp3) is 0.455. The van der Waals surface area contributed by atoms with E-state index in [0.717, 1.165) is 0 Å². The van der Waals surface area contributed by atoms with Crippen molar-refractivity contribution < 1.29 is 9.55 Å². The summed E-state index contributed by atoms with van der Waals surface area (Å²) in [6, 6.07) is 3.02. The highest BCUT2D eigenvalue weighted by atomic mass is 16.6. The highest BCUT2D eigenvalue weighted by Crippen LogP contribution is 2.29. The highest BCUT2D eigenvalue weighted by Gasteiger charge is 2.20. The van der Waals surface area contributed by atoms with Crippen LogP contribution in [0.3, 0.4) is 0 Å². The number of nitrogens with zero attached hydrogens (tertiary/aromatic N) is 3. The lowest BCUT2D eigenvalue weighted by Gasteiger charge is -2.19. The molecule has 1 aromatic carbocycles. The molecule has 1 heterocycles. The molecule has 0 unspecified atom stereocenters. The number of hydrogen-bond donors (Lipinski definition) is 1. The van der Waals surface area contributed by atoms with Gasteiger partial charge in [0, 0.05) is 12.6 Å². The van der Waals surface area contributed by atoms with E-state index in [-0.39, 0.29) is 16.6 Å². The van der Waals surface area contributed by atoms with E-state index in [1.54, 1.807) is 6.07 Å². The first-order valence-corrected chi connectivity index (χ1v) is 5.52. The summed E-state index contributed by atoms with van der Waals surface area (Å²) in [4.78, 5) is 10.3. The maximum Gasteiger partial charge on any atom is 0.300 e. The van der Waals surface area contributed by atoms with Crippen molar-refractivity contribution in [1.29, 1.82) is 0 Å². The summed E-state index contributed by atoms with van der Waals surface area (Å²) in [6.07, 6.45) is 0. The smallest absolute Gasteiger partial charge is 0.300 e. The Morgan fingerprint density at radius 1 is 1.33 bits per heavy atom. The first-order valence-electron chi connectivity index (χ1n) is 5.52. The van der Waals surface area contributed by atoms with Gasteiger partial charge >= 0.3 is 5.69 Å². The first-order chi connectivity index (χ1) is 8.38. The van der Waals surface area contributed by atoms with E-state index in [1.807, 2.05) is 0 Å². The largest absolute Gasteiger partial charge is 0.383 e. The average Bonchev–Trinajstić information content (AvgIpc) is 2.72. The monoisotopic (exact) mass is 250 g/mol. The molecule has 0 atom stereocenters. The zero-order valence-electron chi connectivity index (χ0n) is 10.4.